The standard InChI is InChI=1S/C10H20N2O2.C6H12.C5H11NO3S.C3H8O/c1-10(2,3)14-9(13)12-6-4-8(11)5-7-12;1-5-4-6(5,2)3;1-10(8,9)4-2-3-5(6)7;1-2-3-4/h8H,4-7,11H2,1-3H3;5H,4H2,1-3H3;2-4H2,1H3,(H2,6,7);4H,2-3H2,1H3. The summed E-state index contributed by atoms with van der Waals surface area (Å²) in [6, 6.07) is 0.244. The molecule has 1 heterocycles. The molecule has 2 amide bonds. The van der Waals surface area contributed by atoms with Crippen molar-refractivity contribution in [3.8, 4) is 0 Å². The Balaban J connectivity index is 0. The van der Waals surface area contributed by atoms with Crippen LogP contribution in [0.3, 0.4) is 0 Å². The van der Waals surface area contributed by atoms with Gasteiger partial charge in [-0.3, -0.25) is 4.79 Å². The highest BCUT2D eigenvalue weighted by atomic mass is 32.2. The molecule has 2 aliphatic rings. The molecular formula is C24H51N3O6S. The first-order valence-electron chi connectivity index (χ1n) is 12.1. The summed E-state index contributed by atoms with van der Waals surface area (Å²) in [5.41, 5.74) is 10.8. The normalized spacial score (nSPS) is 19.2. The van der Waals surface area contributed by atoms with Crippen molar-refractivity contribution in [2.24, 2.45) is 22.8 Å². The predicted molar refractivity (Wildman–Crippen MR) is 138 cm³/mol. The zero-order valence-electron chi connectivity index (χ0n) is 22.7. The highest BCUT2D eigenvalue weighted by Gasteiger charge is 2.41. The Kier molecular flexibility index (Phi) is 16.7. The van der Waals surface area contributed by atoms with Gasteiger partial charge in [-0.2, -0.15) is 0 Å². The number of nitrogens with zero attached hydrogens (tertiary/aromatic N) is 1. The van der Waals surface area contributed by atoms with Crippen LogP contribution in [-0.4, -0.2) is 73.8 Å². The molecule has 2 fully saturated rings. The van der Waals surface area contributed by atoms with Crippen LogP contribution < -0.4 is 11.5 Å². The predicted octanol–water partition coefficient (Wildman–Crippen LogP) is 3.08. The first-order valence-corrected chi connectivity index (χ1v) is 14.2. The highest BCUT2D eigenvalue weighted by Crippen LogP contribution is 2.50. The number of carbonyl (C=O) groups excluding carboxylic acids is 2. The van der Waals surface area contributed by atoms with E-state index in [4.69, 9.17) is 21.3 Å². The number of hydrogen-bond acceptors (Lipinski definition) is 7. The molecule has 9 nitrogen and oxygen atoms in total. The first kappa shape index (κ1) is 34.8. The lowest BCUT2D eigenvalue weighted by Crippen LogP contribution is -2.44. The molecule has 0 radical (unpaired) electrons. The van der Waals surface area contributed by atoms with Gasteiger partial charge >= 0.3 is 6.09 Å². The molecule has 1 saturated heterocycles. The number of carbonyl (C=O) groups is 2. The van der Waals surface area contributed by atoms with Gasteiger partial charge in [-0.25, -0.2) is 13.2 Å². The number of rotatable bonds is 5. The molecule has 1 aliphatic heterocycles. The Bertz CT molecular complexity index is 679. The van der Waals surface area contributed by atoms with Crippen molar-refractivity contribution in [2.75, 3.05) is 31.7 Å². The van der Waals surface area contributed by atoms with Crippen LogP contribution in [0, 0.1) is 11.3 Å². The van der Waals surface area contributed by atoms with Crippen LogP contribution in [0.1, 0.15) is 87.0 Å². The molecule has 0 bridgehead atoms. The lowest BCUT2D eigenvalue weighted by Gasteiger charge is -2.32. The Labute approximate surface area is 207 Å². The van der Waals surface area contributed by atoms with E-state index in [1.807, 2.05) is 27.7 Å². The molecule has 0 aromatic heterocycles. The quantitative estimate of drug-likeness (QED) is 0.514. The molecule has 0 aromatic rings. The molecule has 5 N–H and O–H groups in total. The largest absolute Gasteiger partial charge is 0.444 e. The van der Waals surface area contributed by atoms with Gasteiger partial charge in [0.25, 0.3) is 0 Å². The topological polar surface area (TPSA) is 153 Å². The molecule has 1 unspecified atom stereocenters. The molecule has 0 aromatic carbocycles. The van der Waals surface area contributed by atoms with E-state index in [0.29, 0.717) is 18.4 Å². The molecule has 1 saturated carbocycles. The van der Waals surface area contributed by atoms with Gasteiger partial charge in [0.05, 0.1) is 5.75 Å². The van der Waals surface area contributed by atoms with E-state index in [9.17, 15) is 18.0 Å². The van der Waals surface area contributed by atoms with Crippen LogP contribution in [0.5, 0.6) is 0 Å². The molecule has 2 rings (SSSR count). The summed E-state index contributed by atoms with van der Waals surface area (Å²) in [4.78, 5) is 23.4. The fourth-order valence-corrected chi connectivity index (χ4v) is 3.32. The minimum atomic E-state index is -2.93. The first-order chi connectivity index (χ1) is 15.3. The van der Waals surface area contributed by atoms with Gasteiger partial charge in [-0.05, 0) is 64.2 Å². The van der Waals surface area contributed by atoms with Crippen molar-refractivity contribution in [3.63, 3.8) is 0 Å². The highest BCUT2D eigenvalue weighted by molar-refractivity contribution is 7.90. The monoisotopic (exact) mass is 509 g/mol. The number of likely N-dealkylation sites (tertiary alicyclic amines) is 1. The van der Waals surface area contributed by atoms with Gasteiger partial charge in [0.2, 0.25) is 5.91 Å². The molecule has 204 valence electrons. The van der Waals surface area contributed by atoms with E-state index < -0.39 is 21.3 Å². The average Bonchev–Trinajstić information content (AvgIpc) is 3.23. The lowest BCUT2D eigenvalue weighted by molar-refractivity contribution is -0.118. The number of aliphatic hydroxyl groups excluding tert-OH is 1. The molecule has 0 spiro atoms. The van der Waals surface area contributed by atoms with Gasteiger partial charge in [-0.1, -0.05) is 27.7 Å². The summed E-state index contributed by atoms with van der Waals surface area (Å²) < 4.78 is 26.2. The number of piperidine rings is 1. The maximum atomic E-state index is 11.6. The van der Waals surface area contributed by atoms with E-state index >= 15 is 0 Å². The number of hydrogen-bond donors (Lipinski definition) is 3. The van der Waals surface area contributed by atoms with E-state index in [1.54, 1.807) is 4.90 Å². The fraction of sp³-hybridized carbons (Fsp3) is 0.917. The minimum absolute atomic E-state index is 0.0376. The minimum Gasteiger partial charge on any atom is -0.444 e. The van der Waals surface area contributed by atoms with Crippen LogP contribution in [0.25, 0.3) is 0 Å². The second-order valence-electron chi connectivity index (χ2n) is 10.8. The smallest absolute Gasteiger partial charge is 0.410 e. The second kappa shape index (κ2) is 16.3. The SMILES string of the molecule is CC(C)(C)OC(=O)N1CCC(N)CC1.CC1CC1(C)C.CCCO.CS(=O)(=O)CCCC(N)=O. The van der Waals surface area contributed by atoms with Crippen LogP contribution in [0.2, 0.25) is 0 Å². The van der Waals surface area contributed by atoms with Crippen molar-refractivity contribution in [2.45, 2.75) is 98.6 Å². The van der Waals surface area contributed by atoms with Gasteiger partial charge < -0.3 is 26.2 Å². The van der Waals surface area contributed by atoms with Crippen molar-refractivity contribution in [1.82, 2.24) is 4.90 Å². The van der Waals surface area contributed by atoms with E-state index in [0.717, 1.165) is 44.5 Å². The summed E-state index contributed by atoms with van der Waals surface area (Å²) in [6.45, 7) is 16.3. The molecule has 1 atom stereocenters. The van der Waals surface area contributed by atoms with Crippen molar-refractivity contribution < 1.29 is 27.9 Å². The summed E-state index contributed by atoms with van der Waals surface area (Å²) in [5, 5.41) is 7.88. The summed E-state index contributed by atoms with van der Waals surface area (Å²) in [7, 11) is -2.93. The van der Waals surface area contributed by atoms with Crippen LogP contribution in [0.4, 0.5) is 4.79 Å². The van der Waals surface area contributed by atoms with E-state index in [2.05, 4.69) is 20.8 Å². The summed E-state index contributed by atoms with van der Waals surface area (Å²) in [5.74, 6) is 0.580. The second-order valence-corrected chi connectivity index (χ2v) is 13.1. The number of aliphatic hydroxyl groups is 1. The van der Waals surface area contributed by atoms with E-state index in [1.165, 1.54) is 6.42 Å². The lowest BCUT2D eigenvalue weighted by atomic mass is 10.1. The molecular weight excluding hydrogens is 458 g/mol. The van der Waals surface area contributed by atoms with Crippen molar-refractivity contribution >= 4 is 21.8 Å². The third kappa shape index (κ3) is 22.4. The van der Waals surface area contributed by atoms with Crippen LogP contribution in [-0.2, 0) is 19.4 Å². The Morgan fingerprint density at radius 1 is 1.18 bits per heavy atom. The number of nitrogens with two attached hydrogens (primary N) is 2. The van der Waals surface area contributed by atoms with Gasteiger partial charge in [0, 0.05) is 38.4 Å². The maximum absolute atomic E-state index is 11.6. The Hall–Kier alpha value is -1.39. The number of sulfone groups is 1. The number of primary amides is 1. The summed E-state index contributed by atoms with van der Waals surface area (Å²) >= 11 is 0. The fourth-order valence-electron chi connectivity index (χ4n) is 2.65. The molecule has 34 heavy (non-hydrogen) atoms. The van der Waals surface area contributed by atoms with Crippen molar-refractivity contribution in [1.29, 1.82) is 0 Å². The number of ether oxygens (including phenoxy) is 1. The maximum Gasteiger partial charge on any atom is 0.410 e. The van der Waals surface area contributed by atoms with Gasteiger partial charge in [0.1, 0.15) is 15.4 Å². The average molecular weight is 510 g/mol. The van der Waals surface area contributed by atoms with Crippen LogP contribution in [0.15, 0.2) is 0 Å². The third-order valence-electron chi connectivity index (χ3n) is 5.36. The third-order valence-corrected chi connectivity index (χ3v) is 6.39. The van der Waals surface area contributed by atoms with Gasteiger partial charge in [0.15, 0.2) is 0 Å². The number of amides is 2. The summed E-state index contributed by atoms with van der Waals surface area (Å²) in [6.07, 6.45) is 5.45. The molecule has 10 heteroatoms. The molecule has 1 aliphatic carbocycles. The Morgan fingerprint density at radius 3 is 1.85 bits per heavy atom. The van der Waals surface area contributed by atoms with Gasteiger partial charge in [-0.15, -0.1) is 0 Å². The zero-order valence-corrected chi connectivity index (χ0v) is 23.5. The van der Waals surface area contributed by atoms with E-state index in [-0.39, 0.29) is 24.3 Å². The zero-order chi connectivity index (χ0) is 27.2. The van der Waals surface area contributed by atoms with Crippen LogP contribution >= 0.6 is 0 Å². The Morgan fingerprint density at radius 2 is 1.59 bits per heavy atom. The van der Waals surface area contributed by atoms with Crippen molar-refractivity contribution in [3.05, 3.63) is 0 Å².